The Labute approximate surface area is 128 Å². The first-order chi connectivity index (χ1) is 9.74. The topological polar surface area (TPSA) is 46.5 Å². The van der Waals surface area contributed by atoms with Crippen LogP contribution in [0.5, 0.6) is 0 Å². The van der Waals surface area contributed by atoms with Crippen LogP contribution in [0, 0.1) is 12.8 Å². The predicted molar refractivity (Wildman–Crippen MR) is 85.0 cm³/mol. The fourth-order valence-electron chi connectivity index (χ4n) is 2.20. The number of ether oxygens (including phenoxy) is 1. The number of carbonyl (C=O) groups excluding carboxylic acids is 1. The number of carbonyl (C=O) groups is 1. The van der Waals surface area contributed by atoms with E-state index in [0.717, 1.165) is 24.0 Å². The lowest BCUT2D eigenvalue weighted by molar-refractivity contribution is -0.164. The van der Waals surface area contributed by atoms with Crippen molar-refractivity contribution in [3.63, 3.8) is 0 Å². The number of hydrogen-bond donors (Lipinski definition) is 1. The molecule has 3 heteroatoms. The van der Waals surface area contributed by atoms with Crippen LogP contribution < -0.4 is 0 Å². The summed E-state index contributed by atoms with van der Waals surface area (Å²) in [6.07, 6.45) is 1.71. The van der Waals surface area contributed by atoms with Gasteiger partial charge in [-0.15, -0.1) is 0 Å². The average Bonchev–Trinajstić information content (AvgIpc) is 2.37. The number of hydrogen-bond acceptors (Lipinski definition) is 3. The molecule has 0 aliphatic carbocycles. The Balaban J connectivity index is 2.90. The van der Waals surface area contributed by atoms with Gasteiger partial charge in [0.1, 0.15) is 5.60 Å². The third kappa shape index (κ3) is 5.88. The van der Waals surface area contributed by atoms with E-state index in [-0.39, 0.29) is 5.97 Å². The van der Waals surface area contributed by atoms with E-state index < -0.39 is 17.6 Å². The Morgan fingerprint density at radius 1 is 1.24 bits per heavy atom. The molecule has 1 rings (SSSR count). The van der Waals surface area contributed by atoms with Gasteiger partial charge in [-0.2, -0.15) is 0 Å². The molecule has 118 valence electrons. The van der Waals surface area contributed by atoms with Crippen LogP contribution in [0.1, 0.15) is 64.2 Å². The van der Waals surface area contributed by atoms with Gasteiger partial charge in [-0.05, 0) is 39.7 Å². The van der Waals surface area contributed by atoms with Gasteiger partial charge < -0.3 is 9.84 Å². The minimum atomic E-state index is -0.813. The largest absolute Gasteiger partial charge is 0.460 e. The molecule has 0 radical (unpaired) electrons. The zero-order valence-electron chi connectivity index (χ0n) is 13.8. The Morgan fingerprint density at radius 3 is 2.29 bits per heavy atom. The Morgan fingerprint density at radius 2 is 1.81 bits per heavy atom. The molecular formula is C18H28O3. The Bertz CT molecular complexity index is 443. The van der Waals surface area contributed by atoms with Crippen molar-refractivity contribution in [1.29, 1.82) is 0 Å². The minimum Gasteiger partial charge on any atom is -0.460 e. The van der Waals surface area contributed by atoms with Crippen LogP contribution in [-0.4, -0.2) is 16.7 Å². The lowest BCUT2D eigenvalue weighted by Crippen LogP contribution is -2.32. The highest BCUT2D eigenvalue weighted by Crippen LogP contribution is 2.29. The smallest absolute Gasteiger partial charge is 0.312 e. The van der Waals surface area contributed by atoms with Crippen LogP contribution in [0.25, 0.3) is 0 Å². The first kappa shape index (κ1) is 17.7. The molecule has 0 saturated heterocycles. The van der Waals surface area contributed by atoms with Gasteiger partial charge in [-0.25, -0.2) is 0 Å². The fourth-order valence-corrected chi connectivity index (χ4v) is 2.20. The van der Waals surface area contributed by atoms with Crippen LogP contribution in [0.3, 0.4) is 0 Å². The van der Waals surface area contributed by atoms with Gasteiger partial charge >= 0.3 is 5.97 Å². The fraction of sp³-hybridized carbons (Fsp3) is 0.611. The highest BCUT2D eigenvalue weighted by Gasteiger charge is 2.31. The van der Waals surface area contributed by atoms with E-state index in [1.165, 1.54) is 0 Å². The van der Waals surface area contributed by atoms with Crippen LogP contribution >= 0.6 is 0 Å². The average molecular weight is 292 g/mol. The minimum absolute atomic E-state index is 0.316. The number of aryl methyl sites for hydroxylation is 1. The third-order valence-electron chi connectivity index (χ3n) is 3.38. The monoisotopic (exact) mass is 292 g/mol. The van der Waals surface area contributed by atoms with Crippen molar-refractivity contribution in [1.82, 2.24) is 0 Å². The predicted octanol–water partition coefficient (Wildman–Crippen LogP) is 4.18. The normalized spacial score (nSPS) is 14.6. The summed E-state index contributed by atoms with van der Waals surface area (Å²) in [5.41, 5.74) is 1.37. The molecule has 21 heavy (non-hydrogen) atoms. The summed E-state index contributed by atoms with van der Waals surface area (Å²) in [7, 11) is 0. The molecule has 0 amide bonds. The summed E-state index contributed by atoms with van der Waals surface area (Å²) in [4.78, 5) is 12.4. The number of aliphatic hydroxyl groups is 1. The van der Waals surface area contributed by atoms with Crippen molar-refractivity contribution in [2.24, 2.45) is 5.92 Å². The zero-order chi connectivity index (χ0) is 16.0. The molecule has 2 atom stereocenters. The third-order valence-corrected chi connectivity index (χ3v) is 3.38. The molecule has 0 aliphatic heterocycles. The number of unbranched alkanes of at least 4 members (excludes halogenated alkanes) is 1. The maximum atomic E-state index is 12.4. The quantitative estimate of drug-likeness (QED) is 0.800. The molecule has 1 aromatic rings. The van der Waals surface area contributed by atoms with E-state index in [4.69, 9.17) is 4.74 Å². The van der Waals surface area contributed by atoms with E-state index in [1.54, 1.807) is 0 Å². The molecular weight excluding hydrogens is 264 g/mol. The highest BCUT2D eigenvalue weighted by atomic mass is 16.6. The van der Waals surface area contributed by atoms with Crippen LogP contribution in [-0.2, 0) is 9.53 Å². The number of rotatable bonds is 6. The van der Waals surface area contributed by atoms with E-state index in [0.29, 0.717) is 6.42 Å². The molecule has 1 aromatic carbocycles. The summed E-state index contributed by atoms with van der Waals surface area (Å²) < 4.78 is 5.46. The second-order valence-electron chi connectivity index (χ2n) is 6.64. The number of esters is 1. The maximum Gasteiger partial charge on any atom is 0.312 e. The van der Waals surface area contributed by atoms with Gasteiger partial charge in [0, 0.05) is 0 Å². The molecule has 0 aliphatic rings. The summed E-state index contributed by atoms with van der Waals surface area (Å²) in [5, 5.41) is 10.6. The van der Waals surface area contributed by atoms with Crippen LogP contribution in [0.2, 0.25) is 0 Å². The maximum absolute atomic E-state index is 12.4. The SMILES string of the molecule is CCCC[C@H](C(=O)OC(C)(C)C)[C@@H](O)c1ccc(C)cc1. The Kier molecular flexibility index (Phi) is 6.41. The molecule has 0 aromatic heterocycles. The molecule has 0 spiro atoms. The molecule has 0 bridgehead atoms. The van der Waals surface area contributed by atoms with E-state index in [2.05, 4.69) is 6.92 Å². The lowest BCUT2D eigenvalue weighted by atomic mass is 9.90. The van der Waals surface area contributed by atoms with Gasteiger partial charge in [-0.3, -0.25) is 4.79 Å². The van der Waals surface area contributed by atoms with E-state index >= 15 is 0 Å². The molecule has 0 fully saturated rings. The highest BCUT2D eigenvalue weighted by molar-refractivity contribution is 5.73. The van der Waals surface area contributed by atoms with Gasteiger partial charge in [-0.1, -0.05) is 49.6 Å². The van der Waals surface area contributed by atoms with Gasteiger partial charge in [0.2, 0.25) is 0 Å². The molecule has 1 N–H and O–H groups in total. The van der Waals surface area contributed by atoms with Gasteiger partial charge in [0.15, 0.2) is 0 Å². The first-order valence-corrected chi connectivity index (χ1v) is 7.72. The Hall–Kier alpha value is -1.35. The lowest BCUT2D eigenvalue weighted by Gasteiger charge is -2.27. The standard InChI is InChI=1S/C18H28O3/c1-6-7-8-15(17(20)21-18(3,4)5)16(19)14-11-9-13(2)10-12-14/h9-12,15-16,19H,6-8H2,1-5H3/t15-,16-/m0/s1. The van der Waals surface area contributed by atoms with E-state index in [1.807, 2.05) is 52.0 Å². The molecule has 3 nitrogen and oxygen atoms in total. The molecule has 0 heterocycles. The van der Waals surface area contributed by atoms with Crippen LogP contribution in [0.4, 0.5) is 0 Å². The van der Waals surface area contributed by atoms with Gasteiger partial charge in [0.25, 0.3) is 0 Å². The summed E-state index contributed by atoms with van der Waals surface area (Å²) in [6.45, 7) is 9.61. The van der Waals surface area contributed by atoms with Crippen molar-refractivity contribution >= 4 is 5.97 Å². The first-order valence-electron chi connectivity index (χ1n) is 7.72. The van der Waals surface area contributed by atoms with Crippen LogP contribution in [0.15, 0.2) is 24.3 Å². The number of benzene rings is 1. The second-order valence-corrected chi connectivity index (χ2v) is 6.64. The molecule has 0 unspecified atom stereocenters. The summed E-state index contributed by atoms with van der Waals surface area (Å²) in [5.74, 6) is -0.823. The van der Waals surface area contributed by atoms with Crippen molar-refractivity contribution in [2.45, 2.75) is 65.6 Å². The van der Waals surface area contributed by atoms with Gasteiger partial charge in [0.05, 0.1) is 12.0 Å². The summed E-state index contributed by atoms with van der Waals surface area (Å²) >= 11 is 0. The van der Waals surface area contributed by atoms with E-state index in [9.17, 15) is 9.90 Å². The van der Waals surface area contributed by atoms with Crippen molar-refractivity contribution in [2.75, 3.05) is 0 Å². The second kappa shape index (κ2) is 7.60. The number of aliphatic hydroxyl groups excluding tert-OH is 1. The van der Waals surface area contributed by atoms with Crippen molar-refractivity contribution in [3.05, 3.63) is 35.4 Å². The summed E-state index contributed by atoms with van der Waals surface area (Å²) in [6, 6.07) is 7.65. The zero-order valence-corrected chi connectivity index (χ0v) is 13.8. The van der Waals surface area contributed by atoms with Crippen molar-refractivity contribution < 1.29 is 14.6 Å². The molecule has 0 saturated carbocycles. The van der Waals surface area contributed by atoms with Crippen molar-refractivity contribution in [3.8, 4) is 0 Å².